The van der Waals surface area contributed by atoms with Gasteiger partial charge in [0.05, 0.1) is 12.3 Å². The van der Waals surface area contributed by atoms with E-state index in [9.17, 15) is 10.1 Å². The zero-order valence-electron chi connectivity index (χ0n) is 12.2. The highest BCUT2D eigenvalue weighted by molar-refractivity contribution is 7.13. The van der Waals surface area contributed by atoms with Crippen molar-refractivity contribution in [3.63, 3.8) is 0 Å². The van der Waals surface area contributed by atoms with E-state index in [-0.39, 0.29) is 12.0 Å². The van der Waals surface area contributed by atoms with Crippen LogP contribution in [0.5, 0.6) is 0 Å². The van der Waals surface area contributed by atoms with Crippen molar-refractivity contribution in [2.75, 3.05) is 6.61 Å². The normalized spacial score (nSPS) is 18.3. The number of carbonyl (C=O) groups is 1. The van der Waals surface area contributed by atoms with Crippen LogP contribution in [-0.2, 0) is 4.74 Å². The fourth-order valence-electron chi connectivity index (χ4n) is 2.40. The highest BCUT2D eigenvalue weighted by atomic mass is 35.5. The molecule has 1 saturated heterocycles. The van der Waals surface area contributed by atoms with E-state index in [2.05, 4.69) is 16.4 Å². The van der Waals surface area contributed by atoms with Gasteiger partial charge in [0.25, 0.3) is 5.91 Å². The summed E-state index contributed by atoms with van der Waals surface area (Å²) in [6.45, 7) is 0.731. The second kappa shape index (κ2) is 7.09. The van der Waals surface area contributed by atoms with E-state index in [0.717, 1.165) is 24.5 Å². The number of nitrogens with one attached hydrogen (secondary N) is 1. The minimum atomic E-state index is -0.801. The Bertz CT molecular complexity index is 750. The molecule has 1 amide bonds. The highest BCUT2D eigenvalue weighted by Gasteiger charge is 2.24. The Morgan fingerprint density at radius 1 is 1.52 bits per heavy atom. The van der Waals surface area contributed by atoms with Gasteiger partial charge in [-0.3, -0.25) is 4.79 Å². The molecule has 3 rings (SSSR count). The largest absolute Gasteiger partial charge is 0.371 e. The van der Waals surface area contributed by atoms with Crippen molar-refractivity contribution in [1.82, 2.24) is 10.3 Å². The van der Waals surface area contributed by atoms with Crippen LogP contribution in [0.15, 0.2) is 30.5 Å². The number of halogens is 1. The van der Waals surface area contributed by atoms with Gasteiger partial charge in [-0.1, -0.05) is 29.8 Å². The summed E-state index contributed by atoms with van der Waals surface area (Å²) in [5, 5.41) is 13.3. The molecule has 1 aromatic carbocycles. The summed E-state index contributed by atoms with van der Waals surface area (Å²) in [4.78, 5) is 17.1. The Hall–Kier alpha value is -1.94. The number of ether oxygens (including phenoxy) is 1. The average molecular weight is 348 g/mol. The minimum absolute atomic E-state index is 0.0168. The number of benzene rings is 1. The molecule has 2 aromatic rings. The van der Waals surface area contributed by atoms with E-state index >= 15 is 0 Å². The van der Waals surface area contributed by atoms with Crippen molar-refractivity contribution in [1.29, 1.82) is 5.26 Å². The number of amides is 1. The Balaban J connectivity index is 1.73. The summed E-state index contributed by atoms with van der Waals surface area (Å²) >= 11 is 7.39. The van der Waals surface area contributed by atoms with Gasteiger partial charge in [0.15, 0.2) is 0 Å². The van der Waals surface area contributed by atoms with Crippen LogP contribution >= 0.6 is 22.9 Å². The van der Waals surface area contributed by atoms with Crippen molar-refractivity contribution >= 4 is 28.8 Å². The molecule has 0 bridgehead atoms. The molecule has 1 aliphatic rings. The molecule has 7 heteroatoms. The van der Waals surface area contributed by atoms with Gasteiger partial charge in [-0.2, -0.15) is 5.26 Å². The number of hydrogen-bond acceptors (Lipinski definition) is 5. The first-order valence-electron chi connectivity index (χ1n) is 7.21. The highest BCUT2D eigenvalue weighted by Crippen LogP contribution is 2.31. The first-order chi connectivity index (χ1) is 11.2. The first kappa shape index (κ1) is 15.9. The molecule has 0 unspecified atom stereocenters. The molecule has 0 radical (unpaired) electrons. The van der Waals surface area contributed by atoms with Gasteiger partial charge in [-0.05, 0) is 18.9 Å². The average Bonchev–Trinajstić information content (AvgIpc) is 3.23. The predicted octanol–water partition coefficient (Wildman–Crippen LogP) is 3.64. The molecule has 23 heavy (non-hydrogen) atoms. The summed E-state index contributed by atoms with van der Waals surface area (Å²) in [5.74, 6) is -0.335. The number of nitrogens with zero attached hydrogens (tertiary/aromatic N) is 2. The monoisotopic (exact) mass is 347 g/mol. The third kappa shape index (κ3) is 3.53. The maximum absolute atomic E-state index is 12.4. The Labute approximate surface area is 142 Å². The smallest absolute Gasteiger partial charge is 0.264 e. The Morgan fingerprint density at radius 3 is 3.04 bits per heavy atom. The van der Waals surface area contributed by atoms with Gasteiger partial charge >= 0.3 is 0 Å². The lowest BCUT2D eigenvalue weighted by Crippen LogP contribution is -2.27. The molecule has 2 atom stereocenters. The standard InChI is InChI=1S/C16H14ClN3O2S/c17-11-5-2-1-4-10(11)12(8-18)20-15(21)14-9-19-16(23-14)13-6-3-7-22-13/h1-2,4-5,9,12-13H,3,6-7H2,(H,20,21)/t12-,13+/m0/s1. The number of rotatable bonds is 4. The van der Waals surface area contributed by atoms with Crippen LogP contribution in [-0.4, -0.2) is 17.5 Å². The van der Waals surface area contributed by atoms with Gasteiger partial charge in [0.2, 0.25) is 0 Å². The second-order valence-electron chi connectivity index (χ2n) is 5.12. The fourth-order valence-corrected chi connectivity index (χ4v) is 3.55. The molecule has 118 valence electrons. The van der Waals surface area contributed by atoms with Gasteiger partial charge in [0.1, 0.15) is 22.0 Å². The van der Waals surface area contributed by atoms with Crippen molar-refractivity contribution < 1.29 is 9.53 Å². The zero-order valence-corrected chi connectivity index (χ0v) is 13.7. The van der Waals surface area contributed by atoms with Crippen LogP contribution < -0.4 is 5.32 Å². The predicted molar refractivity (Wildman–Crippen MR) is 87.3 cm³/mol. The third-order valence-corrected chi connectivity index (χ3v) is 5.01. The molecule has 0 saturated carbocycles. The van der Waals surface area contributed by atoms with E-state index in [0.29, 0.717) is 15.5 Å². The molecule has 5 nitrogen and oxygen atoms in total. The molecule has 1 aromatic heterocycles. The van der Waals surface area contributed by atoms with Gasteiger partial charge in [0, 0.05) is 17.2 Å². The second-order valence-corrected chi connectivity index (χ2v) is 6.59. The van der Waals surface area contributed by atoms with E-state index in [1.807, 2.05) is 0 Å². The van der Waals surface area contributed by atoms with E-state index in [4.69, 9.17) is 16.3 Å². The van der Waals surface area contributed by atoms with Crippen molar-refractivity contribution in [3.05, 3.63) is 50.9 Å². The van der Waals surface area contributed by atoms with E-state index in [1.165, 1.54) is 17.5 Å². The SMILES string of the molecule is N#C[C@H](NC(=O)c1cnc([C@H]2CCCO2)s1)c1ccccc1Cl. The topological polar surface area (TPSA) is 75.0 Å². The first-order valence-corrected chi connectivity index (χ1v) is 8.40. The third-order valence-electron chi connectivity index (χ3n) is 3.57. The van der Waals surface area contributed by atoms with Crippen LogP contribution in [0.25, 0.3) is 0 Å². The molecular weight excluding hydrogens is 334 g/mol. The maximum atomic E-state index is 12.4. The zero-order chi connectivity index (χ0) is 16.2. The molecular formula is C16H14ClN3O2S. The van der Waals surface area contributed by atoms with Crippen molar-refractivity contribution in [3.8, 4) is 6.07 Å². The van der Waals surface area contributed by atoms with Crippen molar-refractivity contribution in [2.45, 2.75) is 25.0 Å². The fraction of sp³-hybridized carbons (Fsp3) is 0.312. The number of thiazole rings is 1. The maximum Gasteiger partial charge on any atom is 0.264 e. The van der Waals surface area contributed by atoms with Crippen LogP contribution in [0.2, 0.25) is 5.02 Å². The summed E-state index contributed by atoms with van der Waals surface area (Å²) in [6, 6.07) is 8.23. The van der Waals surface area contributed by atoms with Gasteiger partial charge in [-0.25, -0.2) is 4.98 Å². The summed E-state index contributed by atoms with van der Waals surface area (Å²) < 4.78 is 5.57. The van der Waals surface area contributed by atoms with Crippen molar-refractivity contribution in [2.24, 2.45) is 0 Å². The van der Waals surface area contributed by atoms with Crippen LogP contribution in [0.3, 0.4) is 0 Å². The summed E-state index contributed by atoms with van der Waals surface area (Å²) in [7, 11) is 0. The minimum Gasteiger partial charge on any atom is -0.371 e. The lowest BCUT2D eigenvalue weighted by atomic mass is 10.1. The number of hydrogen-bond donors (Lipinski definition) is 1. The molecule has 1 N–H and O–H groups in total. The Morgan fingerprint density at radius 2 is 2.35 bits per heavy atom. The number of carbonyl (C=O) groups excluding carboxylic acids is 1. The molecule has 1 aliphatic heterocycles. The molecule has 1 fully saturated rings. The lowest BCUT2D eigenvalue weighted by Gasteiger charge is -2.12. The molecule has 2 heterocycles. The number of nitriles is 1. The lowest BCUT2D eigenvalue weighted by molar-refractivity contribution is 0.0949. The molecule has 0 aliphatic carbocycles. The van der Waals surface area contributed by atoms with Crippen LogP contribution in [0.4, 0.5) is 0 Å². The quantitative estimate of drug-likeness (QED) is 0.916. The molecule has 0 spiro atoms. The van der Waals surface area contributed by atoms with E-state index in [1.54, 1.807) is 24.3 Å². The Kier molecular flexibility index (Phi) is 4.91. The van der Waals surface area contributed by atoms with Crippen LogP contribution in [0, 0.1) is 11.3 Å². The van der Waals surface area contributed by atoms with Gasteiger partial charge < -0.3 is 10.1 Å². The number of aromatic nitrogens is 1. The summed E-state index contributed by atoms with van der Waals surface area (Å²) in [5.41, 5.74) is 0.578. The van der Waals surface area contributed by atoms with E-state index < -0.39 is 6.04 Å². The summed E-state index contributed by atoms with van der Waals surface area (Å²) in [6.07, 6.45) is 3.44. The van der Waals surface area contributed by atoms with Crippen LogP contribution in [0.1, 0.15) is 45.2 Å². The van der Waals surface area contributed by atoms with Gasteiger partial charge in [-0.15, -0.1) is 11.3 Å².